The molecular formula is C19H22F3N3O3. The maximum atomic E-state index is 13.5. The molecule has 9 heteroatoms. The van der Waals surface area contributed by atoms with Crippen molar-refractivity contribution in [2.45, 2.75) is 37.6 Å². The predicted molar refractivity (Wildman–Crippen MR) is 95.2 cm³/mol. The van der Waals surface area contributed by atoms with Gasteiger partial charge in [-0.15, -0.1) is 0 Å². The zero-order valence-corrected chi connectivity index (χ0v) is 15.4. The number of aromatic nitrogens is 2. The van der Waals surface area contributed by atoms with E-state index in [0.29, 0.717) is 24.8 Å². The van der Waals surface area contributed by atoms with Crippen LogP contribution in [0.4, 0.5) is 18.9 Å². The molecule has 1 aromatic carbocycles. The number of carbonyl (C=O) groups is 1. The summed E-state index contributed by atoms with van der Waals surface area (Å²) in [7, 11) is 1.32. The molecule has 1 atom stereocenters. The molecule has 0 radical (unpaired) electrons. The number of benzene rings is 1. The van der Waals surface area contributed by atoms with E-state index in [1.807, 2.05) is 6.07 Å². The number of nitrogens with one attached hydrogen (secondary N) is 1. The lowest BCUT2D eigenvalue weighted by Crippen LogP contribution is -2.46. The van der Waals surface area contributed by atoms with Gasteiger partial charge in [0.1, 0.15) is 0 Å². The topological polar surface area (TPSA) is 76.4 Å². The minimum Gasteiger partial charge on any atom is -0.376 e. The molecule has 1 aliphatic rings. The van der Waals surface area contributed by atoms with Gasteiger partial charge in [0.2, 0.25) is 11.5 Å². The van der Waals surface area contributed by atoms with Crippen LogP contribution < -0.4 is 5.32 Å². The molecule has 1 aliphatic carbocycles. The van der Waals surface area contributed by atoms with E-state index in [9.17, 15) is 23.1 Å². The second-order valence-corrected chi connectivity index (χ2v) is 7.10. The summed E-state index contributed by atoms with van der Waals surface area (Å²) in [4.78, 5) is 15.8. The van der Waals surface area contributed by atoms with Gasteiger partial charge < -0.3 is 19.7 Å². The average molecular weight is 397 g/mol. The van der Waals surface area contributed by atoms with Crippen LogP contribution in [0.1, 0.15) is 30.7 Å². The Kier molecular flexibility index (Phi) is 5.76. The number of hydrogen-bond acceptors (Lipinski definition) is 4. The van der Waals surface area contributed by atoms with Crippen LogP contribution in [0.2, 0.25) is 0 Å². The molecule has 0 saturated heterocycles. The molecule has 1 aromatic heterocycles. The Morgan fingerprint density at radius 3 is 2.75 bits per heavy atom. The molecule has 2 aromatic rings. The molecule has 1 saturated carbocycles. The lowest BCUT2D eigenvalue weighted by Gasteiger charge is -2.29. The number of aryl methyl sites for hydroxylation is 1. The predicted octanol–water partition coefficient (Wildman–Crippen LogP) is 3.13. The van der Waals surface area contributed by atoms with Crippen molar-refractivity contribution >= 4 is 11.6 Å². The summed E-state index contributed by atoms with van der Waals surface area (Å²) < 4.78 is 47.2. The third-order valence-electron chi connectivity index (χ3n) is 4.61. The quantitative estimate of drug-likeness (QED) is 0.718. The second-order valence-electron chi connectivity index (χ2n) is 7.10. The van der Waals surface area contributed by atoms with Gasteiger partial charge in [-0.05, 0) is 36.5 Å². The van der Waals surface area contributed by atoms with Crippen LogP contribution in [0.15, 0.2) is 36.7 Å². The molecule has 2 N–H and O–H groups in total. The minimum atomic E-state index is -5.07. The summed E-state index contributed by atoms with van der Waals surface area (Å²) >= 11 is 0. The number of alkyl halides is 3. The zero-order chi connectivity index (χ0) is 20.4. The van der Waals surface area contributed by atoms with E-state index in [2.05, 4.69) is 10.3 Å². The molecule has 1 amide bonds. The number of ether oxygens (including phenoxy) is 1. The van der Waals surface area contributed by atoms with Crippen molar-refractivity contribution in [2.75, 3.05) is 11.9 Å². The molecule has 1 heterocycles. The summed E-state index contributed by atoms with van der Waals surface area (Å²) in [6.45, 7) is 1.04. The molecule has 0 bridgehead atoms. The van der Waals surface area contributed by atoms with E-state index in [-0.39, 0.29) is 0 Å². The van der Waals surface area contributed by atoms with Crippen LogP contribution in [0, 0.1) is 5.92 Å². The summed E-state index contributed by atoms with van der Waals surface area (Å²) in [6, 6.07) is 6.69. The molecule has 1 fully saturated rings. The van der Waals surface area contributed by atoms with Crippen LogP contribution in [0.5, 0.6) is 0 Å². The first-order valence-electron chi connectivity index (χ1n) is 8.92. The summed E-state index contributed by atoms with van der Waals surface area (Å²) in [5, 5.41) is 12.7. The van der Waals surface area contributed by atoms with Crippen molar-refractivity contribution in [3.63, 3.8) is 0 Å². The summed E-state index contributed by atoms with van der Waals surface area (Å²) in [5.74, 6) is -0.995. The van der Waals surface area contributed by atoms with Crippen LogP contribution in [-0.4, -0.2) is 33.3 Å². The number of rotatable bonds is 8. The Balaban J connectivity index is 1.67. The highest BCUT2D eigenvalue weighted by Gasteiger charge is 2.58. The number of halogens is 3. The van der Waals surface area contributed by atoms with Crippen molar-refractivity contribution in [1.82, 2.24) is 9.55 Å². The van der Waals surface area contributed by atoms with Gasteiger partial charge in [0.15, 0.2) is 5.82 Å². The first kappa shape index (κ1) is 20.3. The minimum absolute atomic E-state index is 0.335. The van der Waals surface area contributed by atoms with E-state index >= 15 is 0 Å². The van der Waals surface area contributed by atoms with Crippen molar-refractivity contribution in [3.05, 3.63) is 48.0 Å². The first-order chi connectivity index (χ1) is 13.2. The van der Waals surface area contributed by atoms with Crippen molar-refractivity contribution < 1.29 is 27.8 Å². The lowest BCUT2D eigenvalue weighted by atomic mass is 9.97. The fourth-order valence-corrected chi connectivity index (χ4v) is 2.87. The van der Waals surface area contributed by atoms with Gasteiger partial charge in [-0.25, -0.2) is 4.98 Å². The molecule has 28 heavy (non-hydrogen) atoms. The molecule has 6 nitrogen and oxygen atoms in total. The Labute approximate surface area is 160 Å². The third-order valence-corrected chi connectivity index (χ3v) is 4.61. The van der Waals surface area contributed by atoms with Gasteiger partial charge in [0.05, 0.1) is 13.0 Å². The Morgan fingerprint density at radius 2 is 2.14 bits per heavy atom. The number of hydrogen-bond donors (Lipinski definition) is 2. The lowest BCUT2D eigenvalue weighted by molar-refractivity contribution is -0.270. The largest absolute Gasteiger partial charge is 0.425 e. The number of amides is 1. The molecule has 0 spiro atoms. The van der Waals surface area contributed by atoms with E-state index < -0.39 is 29.9 Å². The number of nitrogens with zero attached hydrogens (tertiary/aromatic N) is 2. The highest BCUT2D eigenvalue weighted by atomic mass is 19.4. The highest BCUT2D eigenvalue weighted by molar-refractivity contribution is 5.91. The van der Waals surface area contributed by atoms with E-state index in [4.69, 9.17) is 4.74 Å². The number of imidazole rings is 1. The van der Waals surface area contributed by atoms with Crippen LogP contribution >= 0.6 is 0 Å². The number of carbonyl (C=O) groups excluding carboxylic acids is 1. The Morgan fingerprint density at radius 1 is 1.39 bits per heavy atom. The van der Waals surface area contributed by atoms with Gasteiger partial charge >= 0.3 is 6.18 Å². The molecule has 1 unspecified atom stereocenters. The maximum absolute atomic E-state index is 13.5. The fraction of sp³-hybridized carbons (Fsp3) is 0.474. The summed E-state index contributed by atoms with van der Waals surface area (Å²) in [6.07, 6.45) is -1.52. The SMILES string of the molecule is Cn1ccnc1C(O)(CC(=O)Nc1cccc(COCC2CC2)c1)C(F)(F)F. The van der Waals surface area contributed by atoms with Gasteiger partial charge in [-0.1, -0.05) is 12.1 Å². The average Bonchev–Trinajstić information content (AvgIpc) is 3.32. The van der Waals surface area contributed by atoms with Crippen molar-refractivity contribution in [1.29, 1.82) is 0 Å². The zero-order valence-electron chi connectivity index (χ0n) is 15.4. The van der Waals surface area contributed by atoms with Gasteiger partial charge in [-0.2, -0.15) is 13.2 Å². The number of anilines is 1. The standard InChI is InChI=1S/C19H22F3N3O3/c1-25-8-7-23-17(25)18(27,19(20,21)22)10-16(26)24-15-4-2-3-14(9-15)12-28-11-13-5-6-13/h2-4,7-9,13,27H,5-6,10-12H2,1H3,(H,24,26). The van der Waals surface area contributed by atoms with Gasteiger partial charge in [-0.3, -0.25) is 4.79 Å². The second kappa shape index (κ2) is 7.92. The molecular weight excluding hydrogens is 375 g/mol. The maximum Gasteiger partial charge on any atom is 0.425 e. The van der Waals surface area contributed by atoms with E-state index in [0.717, 1.165) is 16.3 Å². The smallest absolute Gasteiger partial charge is 0.376 e. The normalized spacial score (nSPS) is 16.6. The third kappa shape index (κ3) is 4.71. The van der Waals surface area contributed by atoms with Crippen LogP contribution in [-0.2, 0) is 28.8 Å². The van der Waals surface area contributed by atoms with Crippen LogP contribution in [0.3, 0.4) is 0 Å². The fourth-order valence-electron chi connectivity index (χ4n) is 2.87. The van der Waals surface area contributed by atoms with Crippen molar-refractivity contribution in [3.8, 4) is 0 Å². The van der Waals surface area contributed by atoms with E-state index in [1.54, 1.807) is 18.2 Å². The van der Waals surface area contributed by atoms with Crippen molar-refractivity contribution in [2.24, 2.45) is 13.0 Å². The van der Waals surface area contributed by atoms with Gasteiger partial charge in [0.25, 0.3) is 0 Å². The van der Waals surface area contributed by atoms with E-state index in [1.165, 1.54) is 26.1 Å². The first-order valence-corrected chi connectivity index (χ1v) is 8.92. The molecule has 3 rings (SSSR count). The van der Waals surface area contributed by atoms with Crippen LogP contribution in [0.25, 0.3) is 0 Å². The number of aliphatic hydroxyl groups is 1. The Hall–Kier alpha value is -2.39. The monoisotopic (exact) mass is 397 g/mol. The Bertz CT molecular complexity index is 833. The summed E-state index contributed by atoms with van der Waals surface area (Å²) in [5.41, 5.74) is -2.25. The highest BCUT2D eigenvalue weighted by Crippen LogP contribution is 2.40. The molecule has 152 valence electrons. The molecule has 0 aliphatic heterocycles. The van der Waals surface area contributed by atoms with Gasteiger partial charge in [0, 0.05) is 31.7 Å².